The van der Waals surface area contributed by atoms with Gasteiger partial charge in [-0.15, -0.1) is 0 Å². The molecule has 186 valence electrons. The number of benzene rings is 3. The van der Waals surface area contributed by atoms with E-state index in [1.807, 2.05) is 31.2 Å². The summed E-state index contributed by atoms with van der Waals surface area (Å²) in [5, 5.41) is 0.608. The maximum absolute atomic E-state index is 13.5. The molecule has 36 heavy (non-hydrogen) atoms. The van der Waals surface area contributed by atoms with Crippen molar-refractivity contribution >= 4 is 50.5 Å². The summed E-state index contributed by atoms with van der Waals surface area (Å²) in [6, 6.07) is 17.2. The first-order valence-corrected chi connectivity index (χ1v) is 12.7. The summed E-state index contributed by atoms with van der Waals surface area (Å²) in [6.07, 6.45) is 1.80. The zero-order chi connectivity index (χ0) is 25.7. The third-order valence-corrected chi connectivity index (χ3v) is 7.05. The first-order valence-electron chi connectivity index (χ1n) is 11.1. The number of hydrogen-bond acceptors (Lipinski definition) is 6. The van der Waals surface area contributed by atoms with Gasteiger partial charge in [0.2, 0.25) is 0 Å². The minimum atomic E-state index is -0.319. The van der Waals surface area contributed by atoms with E-state index >= 15 is 0 Å². The molecule has 0 aliphatic carbocycles. The Kier molecular flexibility index (Phi) is 8.32. The van der Waals surface area contributed by atoms with Crippen molar-refractivity contribution < 1.29 is 23.4 Å². The van der Waals surface area contributed by atoms with Crippen molar-refractivity contribution in [2.45, 2.75) is 13.5 Å². The Morgan fingerprint density at radius 2 is 1.83 bits per heavy atom. The number of hydrogen-bond donors (Lipinski definition) is 0. The Hall–Kier alpha value is -3.30. The van der Waals surface area contributed by atoms with Crippen LogP contribution < -0.4 is 14.2 Å². The lowest BCUT2D eigenvalue weighted by molar-refractivity contribution is -0.122. The normalized spacial score (nSPS) is 15.6. The summed E-state index contributed by atoms with van der Waals surface area (Å²) < 4.78 is 30.8. The Bertz CT molecular complexity index is 1330. The Morgan fingerprint density at radius 3 is 2.50 bits per heavy atom. The predicted octanol–water partition coefficient (Wildman–Crippen LogP) is 6.81. The highest BCUT2D eigenvalue weighted by molar-refractivity contribution is 9.10. The molecule has 0 bridgehead atoms. The second-order valence-electron chi connectivity index (χ2n) is 7.70. The van der Waals surface area contributed by atoms with Gasteiger partial charge in [0.1, 0.15) is 18.2 Å². The van der Waals surface area contributed by atoms with E-state index in [4.69, 9.17) is 14.2 Å². The zero-order valence-corrected chi connectivity index (χ0v) is 22.4. The lowest BCUT2D eigenvalue weighted by atomic mass is 10.1. The van der Waals surface area contributed by atoms with Gasteiger partial charge in [0, 0.05) is 11.0 Å². The van der Waals surface area contributed by atoms with Crippen LogP contribution in [0.2, 0.25) is 0 Å². The van der Waals surface area contributed by atoms with E-state index in [-0.39, 0.29) is 18.3 Å². The lowest BCUT2D eigenvalue weighted by Crippen LogP contribution is -2.28. The second kappa shape index (κ2) is 11.6. The fourth-order valence-electron chi connectivity index (χ4n) is 3.50. The van der Waals surface area contributed by atoms with E-state index in [2.05, 4.69) is 20.9 Å². The molecule has 1 fully saturated rings. The van der Waals surface area contributed by atoms with Crippen molar-refractivity contribution in [2.75, 3.05) is 20.8 Å². The number of methoxy groups -OCH3 is 2. The first kappa shape index (κ1) is 25.8. The molecule has 1 amide bonds. The second-order valence-corrected chi connectivity index (χ2v) is 9.56. The van der Waals surface area contributed by atoms with Crippen molar-refractivity contribution in [1.29, 1.82) is 0 Å². The summed E-state index contributed by atoms with van der Waals surface area (Å²) in [7, 11) is 3.15. The van der Waals surface area contributed by atoms with Gasteiger partial charge in [-0.05, 0) is 84.4 Å². The number of ether oxygens (including phenoxy) is 3. The predicted molar refractivity (Wildman–Crippen MR) is 144 cm³/mol. The number of amides is 1. The van der Waals surface area contributed by atoms with Crippen LogP contribution in [0.15, 0.2) is 75.0 Å². The summed E-state index contributed by atoms with van der Waals surface area (Å²) in [5.74, 6) is 1.30. The van der Waals surface area contributed by atoms with Gasteiger partial charge < -0.3 is 14.2 Å². The van der Waals surface area contributed by atoms with E-state index in [1.54, 1.807) is 49.5 Å². The van der Waals surface area contributed by atoms with Crippen LogP contribution in [0, 0.1) is 5.82 Å². The van der Waals surface area contributed by atoms with Crippen molar-refractivity contribution in [3.63, 3.8) is 0 Å². The molecule has 0 N–H and O–H groups in total. The minimum absolute atomic E-state index is 0.118. The van der Waals surface area contributed by atoms with Crippen LogP contribution in [0.1, 0.15) is 18.1 Å². The molecule has 3 aromatic rings. The van der Waals surface area contributed by atoms with Crippen LogP contribution in [0.25, 0.3) is 6.08 Å². The number of thioether (sulfide) groups is 1. The molecule has 0 saturated carbocycles. The molecule has 1 heterocycles. The van der Waals surface area contributed by atoms with Gasteiger partial charge in [0.15, 0.2) is 16.7 Å². The van der Waals surface area contributed by atoms with Crippen LogP contribution in [0.5, 0.6) is 17.2 Å². The van der Waals surface area contributed by atoms with Crippen molar-refractivity contribution in [1.82, 2.24) is 4.90 Å². The molecule has 3 aromatic carbocycles. The molecule has 0 unspecified atom stereocenters. The van der Waals surface area contributed by atoms with Crippen LogP contribution in [-0.4, -0.2) is 36.7 Å². The molecule has 0 spiro atoms. The molecule has 6 nitrogen and oxygen atoms in total. The summed E-state index contributed by atoms with van der Waals surface area (Å²) in [5.41, 5.74) is 2.19. The average molecular weight is 571 g/mol. The smallest absolute Gasteiger partial charge is 0.266 e. The van der Waals surface area contributed by atoms with Gasteiger partial charge in [0.25, 0.3) is 5.91 Å². The summed E-state index contributed by atoms with van der Waals surface area (Å²) in [6.45, 7) is 2.59. The monoisotopic (exact) mass is 570 g/mol. The van der Waals surface area contributed by atoms with Crippen LogP contribution in [0.3, 0.4) is 0 Å². The zero-order valence-electron chi connectivity index (χ0n) is 20.0. The fraction of sp³-hybridized carbons (Fsp3) is 0.185. The summed E-state index contributed by atoms with van der Waals surface area (Å²) >= 11 is 4.89. The Labute approximate surface area is 221 Å². The van der Waals surface area contributed by atoms with Crippen LogP contribution in [0.4, 0.5) is 10.1 Å². The highest BCUT2D eigenvalue weighted by atomic mass is 79.9. The largest absolute Gasteiger partial charge is 0.497 e. The number of likely N-dealkylation sites (N-methyl/N-ethyl adjacent to an activating group) is 1. The van der Waals surface area contributed by atoms with Crippen molar-refractivity contribution in [2.24, 2.45) is 4.99 Å². The molecule has 4 rings (SSSR count). The topological polar surface area (TPSA) is 60.4 Å². The summed E-state index contributed by atoms with van der Waals surface area (Å²) in [4.78, 5) is 19.9. The molecule has 0 radical (unpaired) electrons. The van der Waals surface area contributed by atoms with E-state index in [0.717, 1.165) is 21.5 Å². The molecular formula is C27H24BrFN2O4S. The van der Waals surface area contributed by atoms with Gasteiger partial charge in [-0.25, -0.2) is 9.38 Å². The standard InChI is InChI=1S/C27H24BrFN2O4S/c1-4-31-26(32)25(36-27(31)30-20-8-10-21(33-2)11-9-20)14-18-13-23(34-3)24(15-22(18)28)35-16-17-6-5-7-19(29)12-17/h5-15H,4,16H2,1-3H3/b25-14+,30-27?. The molecule has 0 atom stereocenters. The lowest BCUT2D eigenvalue weighted by Gasteiger charge is -2.13. The Morgan fingerprint density at radius 1 is 1.06 bits per heavy atom. The third-order valence-electron chi connectivity index (χ3n) is 5.35. The van der Waals surface area contributed by atoms with E-state index in [1.165, 1.54) is 23.9 Å². The van der Waals surface area contributed by atoms with E-state index in [9.17, 15) is 9.18 Å². The molecule has 9 heteroatoms. The first-order chi connectivity index (χ1) is 17.4. The van der Waals surface area contributed by atoms with Gasteiger partial charge in [-0.3, -0.25) is 9.69 Å². The molecule has 1 aliphatic heterocycles. The third kappa shape index (κ3) is 5.91. The number of amidine groups is 1. The molecule has 0 aromatic heterocycles. The molecule has 1 saturated heterocycles. The fourth-order valence-corrected chi connectivity index (χ4v) is 4.99. The number of carbonyl (C=O) groups excluding carboxylic acids is 1. The van der Waals surface area contributed by atoms with E-state index < -0.39 is 0 Å². The molecular weight excluding hydrogens is 547 g/mol. The Balaban J connectivity index is 1.58. The van der Waals surface area contributed by atoms with Crippen LogP contribution in [-0.2, 0) is 11.4 Å². The highest BCUT2D eigenvalue weighted by Crippen LogP contribution is 2.39. The highest BCUT2D eigenvalue weighted by Gasteiger charge is 2.32. The molecule has 1 aliphatic rings. The SMILES string of the molecule is CCN1C(=O)/C(=C\c2cc(OC)c(OCc3cccc(F)c3)cc2Br)SC1=Nc1ccc(OC)cc1. The van der Waals surface area contributed by atoms with Gasteiger partial charge >= 0.3 is 0 Å². The van der Waals surface area contributed by atoms with Crippen molar-refractivity contribution in [3.8, 4) is 17.2 Å². The quantitative estimate of drug-likeness (QED) is 0.278. The number of rotatable bonds is 8. The van der Waals surface area contributed by atoms with Crippen molar-refractivity contribution in [3.05, 3.63) is 87.0 Å². The minimum Gasteiger partial charge on any atom is -0.497 e. The average Bonchev–Trinajstić information content (AvgIpc) is 3.17. The number of carbonyl (C=O) groups is 1. The van der Waals surface area contributed by atoms with Gasteiger partial charge in [-0.2, -0.15) is 0 Å². The number of halogens is 2. The van der Waals surface area contributed by atoms with Gasteiger partial charge in [0.05, 0.1) is 24.8 Å². The maximum atomic E-state index is 13.5. The maximum Gasteiger partial charge on any atom is 0.266 e. The number of aliphatic imine (C=N–C) groups is 1. The van der Waals surface area contributed by atoms with Gasteiger partial charge in [-0.1, -0.05) is 28.1 Å². The van der Waals surface area contributed by atoms with Crippen LogP contribution >= 0.6 is 27.7 Å². The van der Waals surface area contributed by atoms with E-state index in [0.29, 0.717) is 33.7 Å². The number of nitrogens with zero attached hydrogens (tertiary/aromatic N) is 2.